The second-order valence-corrected chi connectivity index (χ2v) is 7.07. The number of urea groups is 1. The Hall–Kier alpha value is -2.16. The molecule has 2 amide bonds. The van der Waals surface area contributed by atoms with E-state index in [-0.39, 0.29) is 12.6 Å². The molecule has 2 rings (SSSR count). The number of thiazole rings is 1. The minimum atomic E-state index is -0.909. The van der Waals surface area contributed by atoms with Gasteiger partial charge in [-0.15, -0.1) is 11.3 Å². The van der Waals surface area contributed by atoms with Gasteiger partial charge in [0.25, 0.3) is 0 Å². The van der Waals surface area contributed by atoms with Crippen molar-refractivity contribution >= 4 is 34.4 Å². The molecule has 0 aliphatic carbocycles. The van der Waals surface area contributed by atoms with Crippen LogP contribution in [0.2, 0.25) is 0 Å². The number of amides is 2. The number of nitrogens with one attached hydrogen (secondary N) is 1. The molecular weight excluding hydrogens is 334 g/mol. The van der Waals surface area contributed by atoms with Crippen LogP contribution in [-0.4, -0.2) is 53.2 Å². The van der Waals surface area contributed by atoms with Crippen LogP contribution < -0.4 is 5.32 Å². The van der Waals surface area contributed by atoms with E-state index >= 15 is 0 Å². The smallest absolute Gasteiger partial charge is 0.323 e. The zero-order chi connectivity index (χ0) is 17.9. The number of methoxy groups -OCH3 is 1. The molecule has 9 heteroatoms. The summed E-state index contributed by atoms with van der Waals surface area (Å²) in [7, 11) is 1.31. The van der Waals surface area contributed by atoms with Gasteiger partial charge in [0.2, 0.25) is 0 Å². The molecular formula is C15H21N3O5S. The maximum atomic E-state index is 12.3. The van der Waals surface area contributed by atoms with Crippen molar-refractivity contribution in [2.45, 2.75) is 32.1 Å². The average Bonchev–Trinajstić information content (AvgIpc) is 3.03. The highest BCUT2D eigenvalue weighted by Crippen LogP contribution is 2.28. The van der Waals surface area contributed by atoms with Crippen LogP contribution in [0.25, 0.3) is 0 Å². The van der Waals surface area contributed by atoms with Gasteiger partial charge in [-0.05, 0) is 26.7 Å². The summed E-state index contributed by atoms with van der Waals surface area (Å²) in [4.78, 5) is 40.9. The third kappa shape index (κ3) is 3.84. The Kier molecular flexibility index (Phi) is 5.43. The van der Waals surface area contributed by atoms with Gasteiger partial charge in [0, 0.05) is 18.5 Å². The zero-order valence-corrected chi connectivity index (χ0v) is 14.7. The lowest BCUT2D eigenvalue weighted by molar-refractivity contribution is -0.146. The van der Waals surface area contributed by atoms with Crippen LogP contribution in [0.5, 0.6) is 0 Å². The Bertz CT molecular complexity index is 643. The lowest BCUT2D eigenvalue weighted by Crippen LogP contribution is -2.44. The Morgan fingerprint density at radius 3 is 2.79 bits per heavy atom. The number of anilines is 1. The summed E-state index contributed by atoms with van der Waals surface area (Å²) in [6.07, 6.45) is 1.23. The number of rotatable bonds is 4. The Balaban J connectivity index is 2.03. The first-order valence-electron chi connectivity index (χ1n) is 7.59. The predicted molar refractivity (Wildman–Crippen MR) is 88.1 cm³/mol. The van der Waals surface area contributed by atoms with E-state index in [4.69, 9.17) is 9.84 Å². The van der Waals surface area contributed by atoms with Gasteiger partial charge in [0.15, 0.2) is 5.13 Å². The van der Waals surface area contributed by atoms with E-state index in [1.54, 1.807) is 19.2 Å². The predicted octanol–water partition coefficient (Wildman–Crippen LogP) is 1.92. The fourth-order valence-electron chi connectivity index (χ4n) is 2.51. The van der Waals surface area contributed by atoms with E-state index in [2.05, 4.69) is 10.3 Å². The first kappa shape index (κ1) is 18.2. The van der Waals surface area contributed by atoms with Gasteiger partial charge < -0.3 is 14.7 Å². The van der Waals surface area contributed by atoms with Crippen LogP contribution in [-0.2, 0) is 19.7 Å². The molecule has 0 spiro atoms. The maximum absolute atomic E-state index is 12.3. The molecule has 1 aliphatic rings. The highest BCUT2D eigenvalue weighted by atomic mass is 32.1. The molecule has 0 bridgehead atoms. The second-order valence-electron chi connectivity index (χ2n) is 6.21. The van der Waals surface area contributed by atoms with E-state index in [1.165, 1.54) is 23.3 Å². The highest BCUT2D eigenvalue weighted by molar-refractivity contribution is 7.14. The summed E-state index contributed by atoms with van der Waals surface area (Å²) >= 11 is 1.21. The van der Waals surface area contributed by atoms with E-state index < -0.39 is 23.3 Å². The van der Waals surface area contributed by atoms with Crippen molar-refractivity contribution in [3.8, 4) is 0 Å². The number of carbonyl (C=O) groups is 3. The molecule has 1 aromatic heterocycles. The lowest BCUT2D eigenvalue weighted by atomic mass is 9.90. The highest BCUT2D eigenvalue weighted by Gasteiger charge is 2.34. The average molecular weight is 355 g/mol. The van der Waals surface area contributed by atoms with Crippen LogP contribution in [0.3, 0.4) is 0 Å². The molecule has 1 fully saturated rings. The number of hydrogen-bond donors (Lipinski definition) is 2. The summed E-state index contributed by atoms with van der Waals surface area (Å²) in [6.45, 7) is 4.09. The number of carboxylic acids is 1. The summed E-state index contributed by atoms with van der Waals surface area (Å²) < 4.78 is 4.76. The SMILES string of the molecule is COC(=O)C(C)(C)c1csc(NC(=O)N2CCCC(C(=O)O)C2)n1. The standard InChI is InChI=1S/C15H21N3O5S/c1-15(2,12(21)23-3)10-8-24-13(16-10)17-14(22)18-6-4-5-9(7-18)11(19)20/h8-9H,4-7H2,1-3H3,(H,19,20)(H,16,17,22). The number of hydrogen-bond acceptors (Lipinski definition) is 6. The number of aromatic nitrogens is 1. The molecule has 24 heavy (non-hydrogen) atoms. The second kappa shape index (κ2) is 7.16. The van der Waals surface area contributed by atoms with Gasteiger partial charge >= 0.3 is 18.0 Å². The van der Waals surface area contributed by atoms with Crippen molar-refractivity contribution < 1.29 is 24.2 Å². The lowest BCUT2D eigenvalue weighted by Gasteiger charge is -2.30. The van der Waals surface area contributed by atoms with E-state index in [0.29, 0.717) is 30.2 Å². The molecule has 8 nitrogen and oxygen atoms in total. The monoisotopic (exact) mass is 355 g/mol. The molecule has 1 aliphatic heterocycles. The van der Waals surface area contributed by atoms with Crippen LogP contribution in [0.1, 0.15) is 32.4 Å². The first-order valence-corrected chi connectivity index (χ1v) is 8.46. The number of aliphatic carboxylic acids is 1. The number of esters is 1. The van der Waals surface area contributed by atoms with Gasteiger partial charge in [0.1, 0.15) is 5.41 Å². The van der Waals surface area contributed by atoms with Gasteiger partial charge in [-0.3, -0.25) is 14.9 Å². The van der Waals surface area contributed by atoms with Crippen LogP contribution >= 0.6 is 11.3 Å². The van der Waals surface area contributed by atoms with Crippen molar-refractivity contribution in [1.82, 2.24) is 9.88 Å². The topological polar surface area (TPSA) is 109 Å². The first-order chi connectivity index (χ1) is 11.3. The normalized spacial score (nSPS) is 18.1. The summed E-state index contributed by atoms with van der Waals surface area (Å²) in [5, 5.41) is 13.8. The van der Waals surface area contributed by atoms with E-state index in [9.17, 15) is 14.4 Å². The van der Waals surface area contributed by atoms with Crippen molar-refractivity contribution in [3.63, 3.8) is 0 Å². The summed E-state index contributed by atoms with van der Waals surface area (Å²) in [5.74, 6) is -1.83. The Morgan fingerprint density at radius 2 is 2.17 bits per heavy atom. The molecule has 1 unspecified atom stereocenters. The molecule has 0 aromatic carbocycles. The number of nitrogens with zero attached hydrogens (tertiary/aromatic N) is 2. The van der Waals surface area contributed by atoms with Gasteiger partial charge in [-0.2, -0.15) is 0 Å². The summed E-state index contributed by atoms with van der Waals surface area (Å²) in [6, 6.07) is -0.377. The number of piperidine rings is 1. The number of carbonyl (C=O) groups excluding carboxylic acids is 2. The molecule has 2 N–H and O–H groups in total. The molecule has 1 saturated heterocycles. The van der Waals surface area contributed by atoms with Crippen molar-refractivity contribution in [2.75, 3.05) is 25.5 Å². The molecule has 0 radical (unpaired) electrons. The van der Waals surface area contributed by atoms with E-state index in [0.717, 1.165) is 0 Å². The van der Waals surface area contributed by atoms with Gasteiger partial charge in [0.05, 0.1) is 18.7 Å². The van der Waals surface area contributed by atoms with Crippen molar-refractivity contribution in [2.24, 2.45) is 5.92 Å². The van der Waals surface area contributed by atoms with Crippen LogP contribution in [0.4, 0.5) is 9.93 Å². The van der Waals surface area contributed by atoms with Crippen molar-refractivity contribution in [1.29, 1.82) is 0 Å². The third-order valence-corrected chi connectivity index (χ3v) is 4.87. The number of likely N-dealkylation sites (tertiary alicyclic amines) is 1. The number of carboxylic acid groups (broad SMARTS) is 1. The third-order valence-electron chi connectivity index (χ3n) is 4.11. The summed E-state index contributed by atoms with van der Waals surface area (Å²) in [5.41, 5.74) is -0.398. The van der Waals surface area contributed by atoms with Crippen LogP contribution in [0, 0.1) is 5.92 Å². The molecule has 2 heterocycles. The maximum Gasteiger partial charge on any atom is 0.323 e. The molecule has 132 valence electrons. The van der Waals surface area contributed by atoms with Gasteiger partial charge in [-0.1, -0.05) is 0 Å². The zero-order valence-electron chi connectivity index (χ0n) is 13.9. The quantitative estimate of drug-likeness (QED) is 0.799. The number of ether oxygens (including phenoxy) is 1. The largest absolute Gasteiger partial charge is 0.481 e. The molecule has 1 atom stereocenters. The fourth-order valence-corrected chi connectivity index (χ4v) is 3.38. The molecule has 1 aromatic rings. The molecule has 0 saturated carbocycles. The fraction of sp³-hybridized carbons (Fsp3) is 0.600. The minimum Gasteiger partial charge on any atom is -0.481 e. The van der Waals surface area contributed by atoms with Crippen molar-refractivity contribution in [3.05, 3.63) is 11.1 Å². The van der Waals surface area contributed by atoms with Gasteiger partial charge in [-0.25, -0.2) is 9.78 Å². The Labute approximate surface area is 143 Å². The van der Waals surface area contributed by atoms with Crippen LogP contribution in [0.15, 0.2) is 5.38 Å². The van der Waals surface area contributed by atoms with E-state index in [1.807, 2.05) is 0 Å². The Morgan fingerprint density at radius 1 is 1.46 bits per heavy atom. The minimum absolute atomic E-state index is 0.188.